The van der Waals surface area contributed by atoms with E-state index in [-0.39, 0.29) is 11.3 Å². The van der Waals surface area contributed by atoms with E-state index in [4.69, 9.17) is 5.11 Å². The van der Waals surface area contributed by atoms with Crippen molar-refractivity contribution >= 4 is 22.1 Å². The number of nitrogens with zero attached hydrogens (tertiary/aromatic N) is 2. The van der Waals surface area contributed by atoms with Gasteiger partial charge in [0.2, 0.25) is 10.0 Å². The van der Waals surface area contributed by atoms with Crippen LogP contribution < -0.4 is 0 Å². The Labute approximate surface area is 165 Å². The van der Waals surface area contributed by atoms with Gasteiger partial charge in [-0.3, -0.25) is 9.69 Å². The third kappa shape index (κ3) is 5.28. The first-order valence-electron chi connectivity index (χ1n) is 9.20. The quantitative estimate of drug-likeness (QED) is 0.772. The van der Waals surface area contributed by atoms with Crippen molar-refractivity contribution in [1.82, 2.24) is 9.21 Å². The zero-order chi connectivity index (χ0) is 20.0. The summed E-state index contributed by atoms with van der Waals surface area (Å²) in [6.07, 6.45) is 3.97. The molecule has 2 aromatic carbocycles. The number of carboxylic acid groups (broad SMARTS) is 1. The topological polar surface area (TPSA) is 77.9 Å². The fraction of sp³-hybridized carbons (Fsp3) is 0.286. The van der Waals surface area contributed by atoms with Crippen molar-refractivity contribution in [2.45, 2.75) is 11.3 Å². The summed E-state index contributed by atoms with van der Waals surface area (Å²) in [7, 11) is -3.61. The molecule has 3 rings (SSSR count). The third-order valence-electron chi connectivity index (χ3n) is 4.70. The van der Waals surface area contributed by atoms with Crippen LogP contribution in [0.4, 0.5) is 0 Å². The largest absolute Gasteiger partial charge is 0.481 e. The van der Waals surface area contributed by atoms with Gasteiger partial charge in [-0.2, -0.15) is 4.31 Å². The van der Waals surface area contributed by atoms with E-state index in [9.17, 15) is 13.2 Å². The number of hydrogen-bond acceptors (Lipinski definition) is 4. The Morgan fingerprint density at radius 2 is 1.71 bits per heavy atom. The number of benzene rings is 2. The average molecular weight is 401 g/mol. The van der Waals surface area contributed by atoms with Crippen LogP contribution in [0.2, 0.25) is 0 Å². The first-order chi connectivity index (χ1) is 13.4. The highest BCUT2D eigenvalue weighted by atomic mass is 32.2. The van der Waals surface area contributed by atoms with E-state index in [2.05, 4.69) is 17.1 Å². The lowest BCUT2D eigenvalue weighted by Crippen LogP contribution is -2.48. The van der Waals surface area contributed by atoms with Gasteiger partial charge in [0.05, 0.1) is 11.3 Å². The summed E-state index contributed by atoms with van der Waals surface area (Å²) in [5.41, 5.74) is 1.63. The van der Waals surface area contributed by atoms with Crippen LogP contribution in [0.25, 0.3) is 6.08 Å². The Balaban J connectivity index is 1.58. The molecule has 0 aromatic heterocycles. The predicted molar refractivity (Wildman–Crippen MR) is 108 cm³/mol. The summed E-state index contributed by atoms with van der Waals surface area (Å²) in [6, 6.07) is 16.3. The second kappa shape index (κ2) is 9.14. The summed E-state index contributed by atoms with van der Waals surface area (Å²) in [5.74, 6) is -0.980. The number of carbonyl (C=O) groups is 1. The number of hydrogen-bond donors (Lipinski definition) is 1. The minimum Gasteiger partial charge on any atom is -0.481 e. The molecule has 0 atom stereocenters. The zero-order valence-corrected chi connectivity index (χ0v) is 16.4. The van der Waals surface area contributed by atoms with Gasteiger partial charge in [0.25, 0.3) is 0 Å². The maximum absolute atomic E-state index is 12.9. The molecule has 28 heavy (non-hydrogen) atoms. The normalized spacial score (nSPS) is 16.4. The van der Waals surface area contributed by atoms with Gasteiger partial charge < -0.3 is 5.11 Å². The third-order valence-corrected chi connectivity index (χ3v) is 6.59. The molecule has 0 amide bonds. The van der Waals surface area contributed by atoms with Crippen LogP contribution in [0.1, 0.15) is 11.1 Å². The SMILES string of the molecule is O=C(O)Cc1cccc(S(=O)(=O)N2CCN(C/C=C/c3ccccc3)CC2)c1. The highest BCUT2D eigenvalue weighted by Gasteiger charge is 2.28. The summed E-state index contributed by atoms with van der Waals surface area (Å²) in [6.45, 7) is 2.94. The van der Waals surface area contributed by atoms with Gasteiger partial charge in [-0.15, -0.1) is 0 Å². The van der Waals surface area contributed by atoms with E-state index in [1.807, 2.05) is 30.3 Å². The fourth-order valence-electron chi connectivity index (χ4n) is 3.19. The molecule has 2 aromatic rings. The standard InChI is InChI=1S/C21H24N2O4S/c24-21(25)17-19-8-4-10-20(16-19)28(26,27)23-14-12-22(13-15-23)11-5-9-18-6-2-1-3-7-18/h1-10,16H,11-15,17H2,(H,24,25)/b9-5+. The predicted octanol–water partition coefficient (Wildman–Crippen LogP) is 2.33. The number of aliphatic carboxylic acids is 1. The van der Waals surface area contributed by atoms with Crippen molar-refractivity contribution in [3.63, 3.8) is 0 Å². The van der Waals surface area contributed by atoms with Gasteiger partial charge >= 0.3 is 5.97 Å². The summed E-state index contributed by atoms with van der Waals surface area (Å²) < 4.78 is 27.2. The highest BCUT2D eigenvalue weighted by molar-refractivity contribution is 7.89. The molecule has 1 aliphatic heterocycles. The lowest BCUT2D eigenvalue weighted by molar-refractivity contribution is -0.136. The second-order valence-electron chi connectivity index (χ2n) is 6.74. The molecule has 7 heteroatoms. The van der Waals surface area contributed by atoms with E-state index in [0.717, 1.165) is 12.1 Å². The van der Waals surface area contributed by atoms with E-state index in [1.165, 1.54) is 16.4 Å². The Morgan fingerprint density at radius 3 is 2.39 bits per heavy atom. The molecule has 1 aliphatic rings. The van der Waals surface area contributed by atoms with Gasteiger partial charge in [0.1, 0.15) is 0 Å². The Morgan fingerprint density at radius 1 is 1.00 bits per heavy atom. The molecule has 1 N–H and O–H groups in total. The molecular formula is C21H24N2O4S. The molecule has 0 unspecified atom stereocenters. The van der Waals surface area contributed by atoms with E-state index in [0.29, 0.717) is 31.7 Å². The molecule has 1 fully saturated rings. The fourth-order valence-corrected chi connectivity index (χ4v) is 4.69. The van der Waals surface area contributed by atoms with Crippen molar-refractivity contribution in [2.75, 3.05) is 32.7 Å². The molecular weight excluding hydrogens is 376 g/mol. The zero-order valence-electron chi connectivity index (χ0n) is 15.6. The van der Waals surface area contributed by atoms with Gasteiger partial charge in [0, 0.05) is 32.7 Å². The van der Waals surface area contributed by atoms with Crippen LogP contribution in [0.3, 0.4) is 0 Å². The molecule has 6 nitrogen and oxygen atoms in total. The van der Waals surface area contributed by atoms with E-state index < -0.39 is 16.0 Å². The van der Waals surface area contributed by atoms with Crippen LogP contribution in [-0.2, 0) is 21.2 Å². The lowest BCUT2D eigenvalue weighted by atomic mass is 10.2. The minimum atomic E-state index is -3.61. The Bertz CT molecular complexity index is 934. The van der Waals surface area contributed by atoms with Crippen molar-refractivity contribution in [3.05, 3.63) is 71.8 Å². The number of rotatable bonds is 7. The Kier molecular flexibility index (Phi) is 6.61. The molecule has 0 bridgehead atoms. The van der Waals surface area contributed by atoms with Crippen LogP contribution in [0.15, 0.2) is 65.6 Å². The minimum absolute atomic E-state index is 0.156. The van der Waals surface area contributed by atoms with Gasteiger partial charge in [0.15, 0.2) is 0 Å². The second-order valence-corrected chi connectivity index (χ2v) is 8.67. The van der Waals surface area contributed by atoms with Crippen molar-refractivity contribution in [1.29, 1.82) is 0 Å². The lowest BCUT2D eigenvalue weighted by Gasteiger charge is -2.33. The van der Waals surface area contributed by atoms with Crippen molar-refractivity contribution in [2.24, 2.45) is 0 Å². The van der Waals surface area contributed by atoms with Crippen LogP contribution in [-0.4, -0.2) is 61.4 Å². The van der Waals surface area contributed by atoms with Gasteiger partial charge in [-0.1, -0.05) is 54.6 Å². The monoisotopic (exact) mass is 400 g/mol. The molecule has 0 aliphatic carbocycles. The Hall–Kier alpha value is -2.48. The summed E-state index contributed by atoms with van der Waals surface area (Å²) in [4.78, 5) is 13.2. The number of sulfonamides is 1. The van der Waals surface area contributed by atoms with E-state index in [1.54, 1.807) is 12.1 Å². The summed E-state index contributed by atoms with van der Waals surface area (Å²) >= 11 is 0. The number of carboxylic acids is 1. The summed E-state index contributed by atoms with van der Waals surface area (Å²) in [5, 5.41) is 8.91. The molecule has 1 saturated heterocycles. The highest BCUT2D eigenvalue weighted by Crippen LogP contribution is 2.19. The van der Waals surface area contributed by atoms with Crippen molar-refractivity contribution < 1.29 is 18.3 Å². The molecule has 148 valence electrons. The maximum atomic E-state index is 12.9. The molecule has 0 saturated carbocycles. The molecule has 1 heterocycles. The van der Waals surface area contributed by atoms with E-state index >= 15 is 0 Å². The molecule has 0 radical (unpaired) electrons. The van der Waals surface area contributed by atoms with Crippen LogP contribution >= 0.6 is 0 Å². The van der Waals surface area contributed by atoms with Gasteiger partial charge in [-0.05, 0) is 23.3 Å². The first kappa shape index (κ1) is 20.3. The maximum Gasteiger partial charge on any atom is 0.307 e. The average Bonchev–Trinajstić information content (AvgIpc) is 2.69. The van der Waals surface area contributed by atoms with Crippen LogP contribution in [0, 0.1) is 0 Å². The number of piperazine rings is 1. The van der Waals surface area contributed by atoms with Gasteiger partial charge in [-0.25, -0.2) is 8.42 Å². The van der Waals surface area contributed by atoms with Crippen molar-refractivity contribution in [3.8, 4) is 0 Å². The smallest absolute Gasteiger partial charge is 0.307 e. The molecule has 0 spiro atoms. The van der Waals surface area contributed by atoms with Crippen LogP contribution in [0.5, 0.6) is 0 Å². The first-order valence-corrected chi connectivity index (χ1v) is 10.6.